The second-order valence-electron chi connectivity index (χ2n) is 1.07. The quantitative estimate of drug-likeness (QED) is 0.462. The molecule has 0 aromatic carbocycles. The van der Waals surface area contributed by atoms with E-state index < -0.39 is 11.0 Å². The minimum absolute atomic E-state index is 0.424. The normalized spacial score (nSPS) is 12.9. The van der Waals surface area contributed by atoms with Crippen LogP contribution in [-0.4, -0.2) is 25.2 Å². The van der Waals surface area contributed by atoms with Crippen molar-refractivity contribution >= 4 is 21.9 Å². The summed E-state index contributed by atoms with van der Waals surface area (Å²) in [6.07, 6.45) is 0. The van der Waals surface area contributed by atoms with Gasteiger partial charge in [0.05, 0.1) is 7.11 Å². The van der Waals surface area contributed by atoms with E-state index in [2.05, 4.69) is 25.4 Å². The van der Waals surface area contributed by atoms with Crippen molar-refractivity contribution < 1.29 is 14.3 Å². The number of methoxy groups -OCH3 is 2. The highest BCUT2D eigenvalue weighted by Gasteiger charge is 2.11. The zero-order valence-electron chi connectivity index (χ0n) is 4.68. The second-order valence-corrected chi connectivity index (χ2v) is 1.91. The van der Waals surface area contributed by atoms with Gasteiger partial charge in [-0.2, -0.15) is 0 Å². The van der Waals surface area contributed by atoms with Crippen molar-refractivity contribution in [2.24, 2.45) is 0 Å². The van der Waals surface area contributed by atoms with Crippen LogP contribution in [0.15, 0.2) is 0 Å². The van der Waals surface area contributed by atoms with E-state index in [9.17, 15) is 4.79 Å². The lowest BCUT2D eigenvalue weighted by molar-refractivity contribution is -0.146. The minimum atomic E-state index is -0.632. The number of carbonyl (C=O) groups excluding carboxylic acids is 1. The Hall–Kier alpha value is -0.0900. The monoisotopic (exact) mass is 182 g/mol. The SMILES string of the molecule is COC(=O)[C@H](Br)OC. The summed E-state index contributed by atoms with van der Waals surface area (Å²) in [4.78, 5) is 10.3. The average molecular weight is 183 g/mol. The molecule has 8 heavy (non-hydrogen) atoms. The Kier molecular flexibility index (Phi) is 3.81. The van der Waals surface area contributed by atoms with Gasteiger partial charge in [-0.25, -0.2) is 4.79 Å². The maximum atomic E-state index is 10.3. The van der Waals surface area contributed by atoms with Crippen LogP contribution in [0.3, 0.4) is 0 Å². The molecule has 0 saturated heterocycles. The topological polar surface area (TPSA) is 35.5 Å². The molecule has 0 aromatic rings. The third kappa shape index (κ3) is 2.28. The van der Waals surface area contributed by atoms with Crippen molar-refractivity contribution in [1.29, 1.82) is 0 Å². The number of hydrogen-bond acceptors (Lipinski definition) is 3. The molecule has 48 valence electrons. The van der Waals surface area contributed by atoms with Crippen molar-refractivity contribution in [2.45, 2.75) is 5.01 Å². The maximum Gasteiger partial charge on any atom is 0.346 e. The molecule has 0 aliphatic rings. The van der Waals surface area contributed by atoms with E-state index >= 15 is 0 Å². The molecular formula is C4H7BrO3. The van der Waals surface area contributed by atoms with Gasteiger partial charge in [0.1, 0.15) is 0 Å². The Bertz CT molecular complexity index is 83.4. The van der Waals surface area contributed by atoms with E-state index in [4.69, 9.17) is 0 Å². The number of carbonyl (C=O) groups is 1. The highest BCUT2D eigenvalue weighted by molar-refractivity contribution is 9.09. The summed E-state index contributed by atoms with van der Waals surface area (Å²) in [5.74, 6) is -0.424. The standard InChI is InChI=1S/C4H7BrO3/c1-7-3(5)4(6)8-2/h3H,1-2H3/t3-/m1/s1. The molecule has 4 heteroatoms. The van der Waals surface area contributed by atoms with Crippen molar-refractivity contribution in [2.75, 3.05) is 14.2 Å². The molecule has 0 N–H and O–H groups in total. The van der Waals surface area contributed by atoms with Crippen LogP contribution in [0.4, 0.5) is 0 Å². The van der Waals surface area contributed by atoms with Crippen LogP contribution in [0.2, 0.25) is 0 Å². The second kappa shape index (κ2) is 3.86. The number of ether oxygens (including phenoxy) is 2. The lowest BCUT2D eigenvalue weighted by Gasteiger charge is -2.02. The van der Waals surface area contributed by atoms with Gasteiger partial charge in [0.2, 0.25) is 5.01 Å². The van der Waals surface area contributed by atoms with Gasteiger partial charge in [-0.3, -0.25) is 0 Å². The first-order valence-electron chi connectivity index (χ1n) is 1.97. The van der Waals surface area contributed by atoms with E-state index in [1.54, 1.807) is 0 Å². The van der Waals surface area contributed by atoms with Gasteiger partial charge in [-0.15, -0.1) is 0 Å². The van der Waals surface area contributed by atoms with Crippen LogP contribution in [0, 0.1) is 0 Å². The fraction of sp³-hybridized carbons (Fsp3) is 0.750. The van der Waals surface area contributed by atoms with E-state index in [-0.39, 0.29) is 0 Å². The molecule has 0 rings (SSSR count). The number of alkyl halides is 1. The zero-order valence-corrected chi connectivity index (χ0v) is 6.27. The van der Waals surface area contributed by atoms with Gasteiger partial charge < -0.3 is 9.47 Å². The Balaban J connectivity index is 3.46. The number of rotatable bonds is 2. The molecule has 0 spiro atoms. The number of hydrogen-bond donors (Lipinski definition) is 0. The smallest absolute Gasteiger partial charge is 0.346 e. The van der Waals surface area contributed by atoms with E-state index in [1.807, 2.05) is 0 Å². The summed E-state index contributed by atoms with van der Waals surface area (Å²) in [5, 5.41) is -0.632. The third-order valence-electron chi connectivity index (χ3n) is 0.593. The van der Waals surface area contributed by atoms with Gasteiger partial charge in [0.15, 0.2) is 0 Å². The van der Waals surface area contributed by atoms with E-state index in [0.29, 0.717) is 0 Å². The zero-order chi connectivity index (χ0) is 6.57. The lowest BCUT2D eigenvalue weighted by Crippen LogP contribution is -2.16. The van der Waals surface area contributed by atoms with Crippen molar-refractivity contribution in [3.63, 3.8) is 0 Å². The summed E-state index contributed by atoms with van der Waals surface area (Å²) < 4.78 is 8.84. The molecule has 0 saturated carbocycles. The fourth-order valence-electron chi connectivity index (χ4n) is 0.189. The van der Waals surface area contributed by atoms with Gasteiger partial charge in [-0.05, 0) is 15.9 Å². The van der Waals surface area contributed by atoms with Crippen LogP contribution >= 0.6 is 15.9 Å². The molecule has 0 unspecified atom stereocenters. The first-order valence-corrected chi connectivity index (χ1v) is 2.88. The molecule has 0 aliphatic heterocycles. The molecule has 0 amide bonds. The number of esters is 1. The summed E-state index contributed by atoms with van der Waals surface area (Å²) in [7, 11) is 2.71. The van der Waals surface area contributed by atoms with Gasteiger partial charge in [0, 0.05) is 7.11 Å². The maximum absolute atomic E-state index is 10.3. The van der Waals surface area contributed by atoms with Crippen molar-refractivity contribution in [3.8, 4) is 0 Å². The highest BCUT2D eigenvalue weighted by atomic mass is 79.9. The Labute approximate surface area is 56.1 Å². The summed E-state index contributed by atoms with van der Waals surface area (Å²) in [6, 6.07) is 0. The van der Waals surface area contributed by atoms with Crippen LogP contribution < -0.4 is 0 Å². The van der Waals surface area contributed by atoms with Gasteiger partial charge in [0.25, 0.3) is 0 Å². The third-order valence-corrected chi connectivity index (χ3v) is 1.34. The molecule has 0 aromatic heterocycles. The summed E-state index contributed by atoms with van der Waals surface area (Å²) in [5.41, 5.74) is 0. The fourth-order valence-corrected chi connectivity index (χ4v) is 0.376. The van der Waals surface area contributed by atoms with Crippen LogP contribution in [0.25, 0.3) is 0 Å². The molecule has 0 bridgehead atoms. The predicted octanol–water partition coefficient (Wildman–Crippen LogP) is 0.527. The first kappa shape index (κ1) is 7.91. The van der Waals surface area contributed by atoms with Crippen molar-refractivity contribution in [1.82, 2.24) is 0 Å². The Morgan fingerprint density at radius 3 is 2.25 bits per heavy atom. The van der Waals surface area contributed by atoms with E-state index in [0.717, 1.165) is 0 Å². The minimum Gasteiger partial charge on any atom is -0.466 e. The Morgan fingerprint density at radius 1 is 1.62 bits per heavy atom. The molecule has 0 heterocycles. The summed E-state index contributed by atoms with van der Waals surface area (Å²) in [6.45, 7) is 0. The number of halogens is 1. The largest absolute Gasteiger partial charge is 0.466 e. The molecular weight excluding hydrogens is 176 g/mol. The van der Waals surface area contributed by atoms with Gasteiger partial charge in [-0.1, -0.05) is 0 Å². The van der Waals surface area contributed by atoms with Crippen LogP contribution in [-0.2, 0) is 14.3 Å². The predicted molar refractivity (Wildman–Crippen MR) is 31.7 cm³/mol. The molecule has 3 nitrogen and oxygen atoms in total. The molecule has 1 atom stereocenters. The van der Waals surface area contributed by atoms with E-state index in [1.165, 1.54) is 14.2 Å². The first-order chi connectivity index (χ1) is 3.72. The van der Waals surface area contributed by atoms with Gasteiger partial charge >= 0.3 is 5.97 Å². The Morgan fingerprint density at radius 2 is 2.12 bits per heavy atom. The van der Waals surface area contributed by atoms with Crippen molar-refractivity contribution in [3.05, 3.63) is 0 Å². The molecule has 0 radical (unpaired) electrons. The van der Waals surface area contributed by atoms with Crippen LogP contribution in [0.1, 0.15) is 0 Å². The summed E-state index contributed by atoms with van der Waals surface area (Å²) >= 11 is 2.91. The molecule has 0 aliphatic carbocycles. The average Bonchev–Trinajstić information content (AvgIpc) is 1.84. The lowest BCUT2D eigenvalue weighted by atomic mass is 10.7. The molecule has 0 fully saturated rings. The van der Waals surface area contributed by atoms with Crippen LogP contribution in [0.5, 0.6) is 0 Å². The highest BCUT2D eigenvalue weighted by Crippen LogP contribution is 2.00.